The van der Waals surface area contributed by atoms with Gasteiger partial charge in [-0.25, -0.2) is 0 Å². The van der Waals surface area contributed by atoms with Crippen molar-refractivity contribution < 1.29 is 14.9 Å². The maximum atomic E-state index is 2.45. The molecule has 0 heterocycles. The van der Waals surface area contributed by atoms with Gasteiger partial charge in [-0.15, -0.1) is 34.5 Å². The molecule has 4 aromatic carbocycles. The Kier molecular flexibility index (Phi) is 10.3. The van der Waals surface area contributed by atoms with Crippen LogP contribution in [0.2, 0.25) is 0 Å². The predicted molar refractivity (Wildman–Crippen MR) is 143 cm³/mol. The Morgan fingerprint density at radius 2 is 1.34 bits per heavy atom. The summed E-state index contributed by atoms with van der Waals surface area (Å²) in [5.74, 6) is 0. The molecule has 29 heavy (non-hydrogen) atoms. The van der Waals surface area contributed by atoms with Crippen LogP contribution in [0.4, 0.5) is 0 Å². The van der Waals surface area contributed by atoms with E-state index in [1.165, 1.54) is 55.3 Å². The van der Waals surface area contributed by atoms with Crippen LogP contribution in [-0.2, 0) is 14.9 Å². The molecule has 0 saturated carbocycles. The Bertz CT molecular complexity index is 975. The van der Waals surface area contributed by atoms with Gasteiger partial charge in [0.15, 0.2) is 0 Å². The number of rotatable bonds is 1. The number of aryl methyl sites for hydroxylation is 1. The summed E-state index contributed by atoms with van der Waals surface area (Å²) in [4.78, 5) is 0. The summed E-state index contributed by atoms with van der Waals surface area (Å²) in [5.41, 5.74) is 11.3. The van der Waals surface area contributed by atoms with Gasteiger partial charge in [-0.1, -0.05) is 83.5 Å². The van der Waals surface area contributed by atoms with Crippen molar-refractivity contribution in [2.24, 2.45) is 0 Å². The van der Waals surface area contributed by atoms with Crippen LogP contribution in [0.15, 0.2) is 60.7 Å². The Hall–Kier alpha value is -0.257. The van der Waals surface area contributed by atoms with Crippen molar-refractivity contribution in [2.45, 2.75) is 41.5 Å². The SMILES string of the molecule is Cc1c(C)c(C)[c-](C)c1C.Cc1cc2c(-c3ccccc3)cccc2[cH-]1.[I][Zr+2][I]. The number of fused-ring (bicyclic) bond motifs is 1. The average Bonchev–Trinajstić information content (AvgIpc) is 3.19. The Morgan fingerprint density at radius 3 is 1.83 bits per heavy atom. The van der Waals surface area contributed by atoms with Crippen molar-refractivity contribution in [1.29, 1.82) is 0 Å². The summed E-state index contributed by atoms with van der Waals surface area (Å²) in [5, 5.41) is 2.69. The number of benzene rings is 2. The second-order valence-electron chi connectivity index (χ2n) is 7.40. The quantitative estimate of drug-likeness (QED) is 0.139. The Balaban J connectivity index is 0.000000199. The van der Waals surface area contributed by atoms with Crippen LogP contribution in [0.25, 0.3) is 21.9 Å². The first kappa shape index (κ1) is 25.0. The van der Waals surface area contributed by atoms with Gasteiger partial charge in [0.2, 0.25) is 0 Å². The van der Waals surface area contributed by atoms with Gasteiger partial charge < -0.3 is 0 Å². The van der Waals surface area contributed by atoms with E-state index in [9.17, 15) is 0 Å². The Morgan fingerprint density at radius 1 is 0.793 bits per heavy atom. The first-order valence-electron chi connectivity index (χ1n) is 9.69. The van der Waals surface area contributed by atoms with Crippen molar-refractivity contribution in [3.63, 3.8) is 0 Å². The first-order valence-corrected chi connectivity index (χ1v) is 24.3. The molecule has 0 fully saturated rings. The standard InChI is InChI=1S/C16H13.C10H15.2HI.Zr/c1-12-10-14-8-5-9-15(16(14)11-12)13-6-3-2-4-7-13;1-6-7(2)9(4)10(5)8(6)3;;;/h2-11H,1H3;1-5H3;2*1H;/q2*-1;;;+4/p-2. The fourth-order valence-corrected chi connectivity index (χ4v) is 3.66. The van der Waals surface area contributed by atoms with Crippen LogP contribution < -0.4 is 0 Å². The molecule has 0 saturated heterocycles. The van der Waals surface area contributed by atoms with Crippen molar-refractivity contribution in [3.05, 3.63) is 94.0 Å². The molecule has 4 rings (SSSR count). The van der Waals surface area contributed by atoms with Gasteiger partial charge in [0.05, 0.1) is 0 Å². The van der Waals surface area contributed by atoms with Gasteiger partial charge in [-0.2, -0.15) is 33.9 Å². The summed E-state index contributed by atoms with van der Waals surface area (Å²) in [6.45, 7) is 13.1. The molecule has 0 aliphatic rings. The van der Waals surface area contributed by atoms with E-state index in [1.54, 1.807) is 0 Å². The summed E-state index contributed by atoms with van der Waals surface area (Å²) in [7, 11) is 0. The molecular weight excluding hydrogens is 657 g/mol. The third-order valence-corrected chi connectivity index (χ3v) is 5.79. The first-order chi connectivity index (χ1) is 13.8. The number of halogens is 2. The average molecular weight is 686 g/mol. The second kappa shape index (κ2) is 12.0. The zero-order chi connectivity index (χ0) is 21.6. The monoisotopic (exact) mass is 684 g/mol. The third kappa shape index (κ3) is 6.37. The number of hydrogen-bond donors (Lipinski definition) is 0. The molecule has 0 amide bonds. The van der Waals surface area contributed by atoms with Crippen LogP contribution >= 0.6 is 36.1 Å². The number of hydrogen-bond acceptors (Lipinski definition) is 0. The molecule has 0 radical (unpaired) electrons. The van der Waals surface area contributed by atoms with E-state index in [4.69, 9.17) is 0 Å². The topological polar surface area (TPSA) is 0 Å². The molecule has 0 aliphatic heterocycles. The van der Waals surface area contributed by atoms with E-state index in [0.717, 1.165) is 0 Å². The van der Waals surface area contributed by atoms with Gasteiger partial charge in [0, 0.05) is 0 Å². The molecule has 0 unspecified atom stereocenters. The molecule has 3 heteroatoms. The maximum absolute atomic E-state index is 2.45. The van der Waals surface area contributed by atoms with Crippen LogP contribution in [0.3, 0.4) is 0 Å². The van der Waals surface area contributed by atoms with E-state index in [1.807, 2.05) is 0 Å². The van der Waals surface area contributed by atoms with Gasteiger partial charge in [0.1, 0.15) is 0 Å². The molecule has 0 aliphatic carbocycles. The van der Waals surface area contributed by atoms with E-state index >= 15 is 0 Å². The van der Waals surface area contributed by atoms with Gasteiger partial charge >= 0.3 is 50.9 Å². The summed E-state index contributed by atoms with van der Waals surface area (Å²) >= 11 is 5.06. The predicted octanol–water partition coefficient (Wildman–Crippen LogP) is 9.25. The van der Waals surface area contributed by atoms with Gasteiger partial charge in [0.25, 0.3) is 0 Å². The van der Waals surface area contributed by atoms with E-state index in [0.29, 0.717) is 0 Å². The summed E-state index contributed by atoms with van der Waals surface area (Å²) in [6, 6.07) is 21.6. The molecule has 150 valence electrons. The van der Waals surface area contributed by atoms with Crippen LogP contribution in [0, 0.1) is 41.5 Å². The van der Waals surface area contributed by atoms with Crippen molar-refractivity contribution >= 4 is 46.9 Å². The summed E-state index contributed by atoms with van der Waals surface area (Å²) in [6.07, 6.45) is 0. The van der Waals surface area contributed by atoms with Gasteiger partial charge in [-0.05, 0) is 5.56 Å². The summed E-state index contributed by atoms with van der Waals surface area (Å²) < 4.78 is 0. The zero-order valence-electron chi connectivity index (χ0n) is 18.0. The normalized spacial score (nSPS) is 9.93. The van der Waals surface area contributed by atoms with Crippen molar-refractivity contribution in [2.75, 3.05) is 0 Å². The molecule has 0 aromatic heterocycles. The molecule has 0 bridgehead atoms. The van der Waals surface area contributed by atoms with Crippen LogP contribution in [0.1, 0.15) is 33.4 Å². The second-order valence-corrected chi connectivity index (χ2v) is 26.3. The fraction of sp³-hybridized carbons (Fsp3) is 0.231. The van der Waals surface area contributed by atoms with Crippen LogP contribution in [-0.4, -0.2) is 0 Å². The minimum absolute atomic E-state index is 0.170. The van der Waals surface area contributed by atoms with Gasteiger partial charge in [-0.3, -0.25) is 0 Å². The third-order valence-electron chi connectivity index (χ3n) is 5.79. The van der Waals surface area contributed by atoms with E-state index in [-0.39, 0.29) is 14.9 Å². The molecular formula is C26H28I2Zr. The van der Waals surface area contributed by atoms with Crippen LogP contribution in [0.5, 0.6) is 0 Å². The van der Waals surface area contributed by atoms with Crippen molar-refractivity contribution in [1.82, 2.24) is 0 Å². The minimum atomic E-state index is 0.170. The molecule has 0 spiro atoms. The molecule has 0 N–H and O–H groups in total. The molecule has 0 nitrogen and oxygen atoms in total. The van der Waals surface area contributed by atoms with E-state index in [2.05, 4.69) is 138 Å². The van der Waals surface area contributed by atoms with E-state index < -0.39 is 0 Å². The molecule has 0 atom stereocenters. The fourth-order valence-electron chi connectivity index (χ4n) is 3.66. The molecule has 4 aromatic rings. The Labute approximate surface area is 206 Å². The zero-order valence-corrected chi connectivity index (χ0v) is 24.8. The van der Waals surface area contributed by atoms with Crippen molar-refractivity contribution in [3.8, 4) is 11.1 Å².